The van der Waals surface area contributed by atoms with Crippen molar-refractivity contribution in [2.45, 2.75) is 50.9 Å². The molecular weight excluding hydrogens is 252 g/mol. The third-order valence-electron chi connectivity index (χ3n) is 4.34. The number of nitrogens with one attached hydrogen (secondary N) is 1. The summed E-state index contributed by atoms with van der Waals surface area (Å²) in [7, 11) is 0. The van der Waals surface area contributed by atoms with E-state index in [1.807, 2.05) is 12.1 Å². The van der Waals surface area contributed by atoms with Crippen molar-refractivity contribution >= 4 is 5.91 Å². The summed E-state index contributed by atoms with van der Waals surface area (Å²) in [4.78, 5) is 12.1. The third-order valence-corrected chi connectivity index (χ3v) is 4.34. The maximum atomic E-state index is 12.1. The molecule has 3 N–H and O–H groups in total. The number of nitrogens with two attached hydrogens (primary N) is 1. The molecule has 0 spiro atoms. The normalized spacial score (nSPS) is 27.6. The largest absolute Gasteiger partial charge is 0.373 e. The number of ether oxygens (including phenoxy) is 1. The second-order valence-electron chi connectivity index (χ2n) is 5.86. The quantitative estimate of drug-likeness (QED) is 0.866. The standard InChI is InChI=1S/C16H22N2O2/c1-10-4-7-14(20-10)15(17)12-6-5-11-3-2-8-18-16(19)13(11)9-12/h5-6,9-10,14-15H,2-4,7-8,17H2,1H3,(H,18,19). The first kappa shape index (κ1) is 13.6. The smallest absolute Gasteiger partial charge is 0.251 e. The predicted molar refractivity (Wildman–Crippen MR) is 77.6 cm³/mol. The average Bonchev–Trinajstić information content (AvgIpc) is 2.80. The Morgan fingerprint density at radius 3 is 3.00 bits per heavy atom. The fraction of sp³-hybridized carbons (Fsp3) is 0.562. The van der Waals surface area contributed by atoms with Gasteiger partial charge in [-0.1, -0.05) is 12.1 Å². The van der Waals surface area contributed by atoms with Gasteiger partial charge in [-0.25, -0.2) is 0 Å². The van der Waals surface area contributed by atoms with Crippen molar-refractivity contribution in [3.63, 3.8) is 0 Å². The number of amides is 1. The number of hydrogen-bond donors (Lipinski definition) is 2. The number of fused-ring (bicyclic) bond motifs is 1. The molecule has 4 heteroatoms. The second kappa shape index (κ2) is 5.54. The molecule has 1 amide bonds. The van der Waals surface area contributed by atoms with E-state index in [0.29, 0.717) is 0 Å². The molecule has 0 aliphatic carbocycles. The lowest BCUT2D eigenvalue weighted by Gasteiger charge is -2.21. The monoisotopic (exact) mass is 274 g/mol. The van der Waals surface area contributed by atoms with Crippen LogP contribution in [-0.2, 0) is 11.2 Å². The molecule has 108 valence electrons. The molecule has 4 nitrogen and oxygen atoms in total. The van der Waals surface area contributed by atoms with Crippen LogP contribution < -0.4 is 11.1 Å². The molecule has 2 heterocycles. The summed E-state index contributed by atoms with van der Waals surface area (Å²) in [5, 5.41) is 2.93. The molecule has 0 bridgehead atoms. The minimum Gasteiger partial charge on any atom is -0.373 e. The Morgan fingerprint density at radius 1 is 1.40 bits per heavy atom. The third kappa shape index (κ3) is 2.58. The lowest BCUT2D eigenvalue weighted by molar-refractivity contribution is 0.0401. The number of aryl methyl sites for hydroxylation is 1. The minimum atomic E-state index is -0.152. The Balaban J connectivity index is 1.86. The topological polar surface area (TPSA) is 64.4 Å². The number of rotatable bonds is 2. The summed E-state index contributed by atoms with van der Waals surface area (Å²) in [5.74, 6) is 0.0206. The summed E-state index contributed by atoms with van der Waals surface area (Å²) in [6, 6.07) is 5.90. The van der Waals surface area contributed by atoms with Crippen molar-refractivity contribution in [1.82, 2.24) is 5.32 Å². The van der Waals surface area contributed by atoms with E-state index in [1.165, 1.54) is 0 Å². The first-order valence-corrected chi connectivity index (χ1v) is 7.47. The van der Waals surface area contributed by atoms with Crippen molar-refractivity contribution in [2.24, 2.45) is 5.73 Å². The van der Waals surface area contributed by atoms with E-state index in [2.05, 4.69) is 18.3 Å². The summed E-state index contributed by atoms with van der Waals surface area (Å²) in [6.07, 6.45) is 4.34. The molecule has 0 aromatic heterocycles. The van der Waals surface area contributed by atoms with Crippen LogP contribution in [0.15, 0.2) is 18.2 Å². The summed E-state index contributed by atoms with van der Waals surface area (Å²) in [6.45, 7) is 2.83. The molecule has 1 aromatic rings. The Hall–Kier alpha value is -1.39. The van der Waals surface area contributed by atoms with Crippen molar-refractivity contribution in [1.29, 1.82) is 0 Å². The van der Waals surface area contributed by atoms with Crippen molar-refractivity contribution in [3.05, 3.63) is 34.9 Å². The van der Waals surface area contributed by atoms with E-state index in [1.54, 1.807) is 0 Å². The van der Waals surface area contributed by atoms with Crippen LogP contribution in [0.4, 0.5) is 0 Å². The maximum Gasteiger partial charge on any atom is 0.251 e. The molecule has 3 rings (SSSR count). The van der Waals surface area contributed by atoms with Crippen LogP contribution in [0.3, 0.4) is 0 Å². The van der Waals surface area contributed by atoms with E-state index in [4.69, 9.17) is 10.5 Å². The molecular formula is C16H22N2O2. The highest BCUT2D eigenvalue weighted by Crippen LogP contribution is 2.29. The lowest BCUT2D eigenvalue weighted by atomic mass is 9.94. The summed E-state index contributed by atoms with van der Waals surface area (Å²) < 4.78 is 5.85. The first-order chi connectivity index (χ1) is 9.65. The minimum absolute atomic E-state index is 0.0206. The SMILES string of the molecule is CC1CCC(C(N)c2ccc3c(c2)C(=O)NCCC3)O1. The molecule has 3 atom stereocenters. The number of benzene rings is 1. The first-order valence-electron chi connectivity index (χ1n) is 7.47. The zero-order chi connectivity index (χ0) is 14.1. The van der Waals surface area contributed by atoms with Crippen molar-refractivity contribution < 1.29 is 9.53 Å². The van der Waals surface area contributed by atoms with Gasteiger partial charge in [0, 0.05) is 12.1 Å². The van der Waals surface area contributed by atoms with Gasteiger partial charge >= 0.3 is 0 Å². The molecule has 2 aliphatic heterocycles. The van der Waals surface area contributed by atoms with Crippen molar-refractivity contribution in [2.75, 3.05) is 6.54 Å². The van der Waals surface area contributed by atoms with Crippen LogP contribution in [0.25, 0.3) is 0 Å². The van der Waals surface area contributed by atoms with Gasteiger partial charge in [0.2, 0.25) is 0 Å². The molecule has 1 fully saturated rings. The summed E-state index contributed by atoms with van der Waals surface area (Å²) >= 11 is 0. The highest BCUT2D eigenvalue weighted by Gasteiger charge is 2.29. The fourth-order valence-corrected chi connectivity index (χ4v) is 3.12. The predicted octanol–water partition coefficient (Wildman–Crippen LogP) is 1.93. The van der Waals surface area contributed by atoms with Crippen LogP contribution in [0.5, 0.6) is 0 Å². The molecule has 2 aliphatic rings. The van der Waals surface area contributed by atoms with Crippen LogP contribution in [-0.4, -0.2) is 24.7 Å². The fourth-order valence-electron chi connectivity index (χ4n) is 3.12. The van der Waals surface area contributed by atoms with E-state index >= 15 is 0 Å². The Bertz CT molecular complexity index is 515. The highest BCUT2D eigenvalue weighted by molar-refractivity contribution is 5.96. The molecule has 20 heavy (non-hydrogen) atoms. The number of hydrogen-bond acceptors (Lipinski definition) is 3. The average molecular weight is 274 g/mol. The Kier molecular flexibility index (Phi) is 3.76. The van der Waals surface area contributed by atoms with E-state index in [9.17, 15) is 4.79 Å². The van der Waals surface area contributed by atoms with Crippen molar-refractivity contribution in [3.8, 4) is 0 Å². The van der Waals surface area contributed by atoms with Gasteiger partial charge in [-0.15, -0.1) is 0 Å². The van der Waals surface area contributed by atoms with Gasteiger partial charge in [-0.05, 0) is 49.8 Å². The molecule has 0 radical (unpaired) electrons. The van der Waals surface area contributed by atoms with E-state index in [0.717, 1.165) is 48.9 Å². The van der Waals surface area contributed by atoms with Crippen LogP contribution >= 0.6 is 0 Å². The van der Waals surface area contributed by atoms with Gasteiger partial charge in [-0.2, -0.15) is 0 Å². The van der Waals surface area contributed by atoms with Crippen LogP contribution in [0, 0.1) is 0 Å². The zero-order valence-corrected chi connectivity index (χ0v) is 11.9. The zero-order valence-electron chi connectivity index (χ0n) is 11.9. The molecule has 1 aromatic carbocycles. The van der Waals surface area contributed by atoms with E-state index in [-0.39, 0.29) is 24.2 Å². The Labute approximate surface area is 119 Å². The van der Waals surface area contributed by atoms with Gasteiger partial charge in [0.15, 0.2) is 0 Å². The number of carbonyl (C=O) groups excluding carboxylic acids is 1. The van der Waals surface area contributed by atoms with Crippen LogP contribution in [0.1, 0.15) is 53.7 Å². The van der Waals surface area contributed by atoms with Gasteiger partial charge in [-0.3, -0.25) is 4.79 Å². The van der Waals surface area contributed by atoms with Gasteiger partial charge < -0.3 is 15.8 Å². The molecule has 3 unspecified atom stereocenters. The van der Waals surface area contributed by atoms with Gasteiger partial charge in [0.1, 0.15) is 0 Å². The van der Waals surface area contributed by atoms with E-state index < -0.39 is 0 Å². The van der Waals surface area contributed by atoms with Gasteiger partial charge in [0.05, 0.1) is 18.2 Å². The summed E-state index contributed by atoms with van der Waals surface area (Å²) in [5.41, 5.74) is 9.22. The maximum absolute atomic E-state index is 12.1. The second-order valence-corrected chi connectivity index (χ2v) is 5.86. The molecule has 1 saturated heterocycles. The number of carbonyl (C=O) groups is 1. The lowest BCUT2D eigenvalue weighted by Crippen LogP contribution is -2.27. The van der Waals surface area contributed by atoms with Crippen LogP contribution in [0.2, 0.25) is 0 Å². The molecule has 0 saturated carbocycles. The Morgan fingerprint density at radius 2 is 2.25 bits per heavy atom. The van der Waals surface area contributed by atoms with Gasteiger partial charge in [0.25, 0.3) is 5.91 Å². The highest BCUT2D eigenvalue weighted by atomic mass is 16.5.